The third-order valence-corrected chi connectivity index (χ3v) is 4.32. The van der Waals surface area contributed by atoms with Crippen molar-refractivity contribution in [2.75, 3.05) is 18.5 Å². The second-order valence-corrected chi connectivity index (χ2v) is 5.95. The standard InChI is InChI=1S/C17H26N2O2/c1-14-8-4-5-9-15(14)19-16(20)12-21-17(13-18)10-6-2-3-7-11-17/h4-5,8-9H,2-3,6-7,10-13,18H2,1H3,(H,19,20). The van der Waals surface area contributed by atoms with Crippen LogP contribution in [0.2, 0.25) is 0 Å². The number of anilines is 1. The van der Waals surface area contributed by atoms with Crippen LogP contribution in [0.15, 0.2) is 24.3 Å². The summed E-state index contributed by atoms with van der Waals surface area (Å²) in [5, 5.41) is 2.90. The molecule has 4 heteroatoms. The van der Waals surface area contributed by atoms with E-state index < -0.39 is 0 Å². The summed E-state index contributed by atoms with van der Waals surface area (Å²) in [5.41, 5.74) is 7.50. The molecule has 0 atom stereocenters. The summed E-state index contributed by atoms with van der Waals surface area (Å²) in [6, 6.07) is 7.74. The van der Waals surface area contributed by atoms with Gasteiger partial charge in [-0.2, -0.15) is 0 Å². The molecule has 0 aliphatic heterocycles. The van der Waals surface area contributed by atoms with Crippen LogP contribution in [0.4, 0.5) is 5.69 Å². The Morgan fingerprint density at radius 3 is 2.52 bits per heavy atom. The van der Waals surface area contributed by atoms with Crippen LogP contribution in [0.3, 0.4) is 0 Å². The Hall–Kier alpha value is -1.39. The van der Waals surface area contributed by atoms with Gasteiger partial charge in [-0.25, -0.2) is 0 Å². The highest BCUT2D eigenvalue weighted by molar-refractivity contribution is 5.92. The third kappa shape index (κ3) is 4.55. The van der Waals surface area contributed by atoms with Crippen molar-refractivity contribution in [2.24, 2.45) is 5.73 Å². The number of carbonyl (C=O) groups excluding carboxylic acids is 1. The number of para-hydroxylation sites is 1. The molecular formula is C17H26N2O2. The number of ether oxygens (including phenoxy) is 1. The average molecular weight is 290 g/mol. The van der Waals surface area contributed by atoms with E-state index >= 15 is 0 Å². The molecular weight excluding hydrogens is 264 g/mol. The molecule has 1 aromatic rings. The number of hydrogen-bond donors (Lipinski definition) is 2. The molecule has 116 valence electrons. The summed E-state index contributed by atoms with van der Waals surface area (Å²) in [6.07, 6.45) is 6.66. The highest BCUT2D eigenvalue weighted by atomic mass is 16.5. The first kappa shape index (κ1) is 16.0. The quantitative estimate of drug-likeness (QED) is 0.819. The molecule has 0 heterocycles. The number of nitrogens with two attached hydrogens (primary N) is 1. The molecule has 1 fully saturated rings. The number of hydrogen-bond acceptors (Lipinski definition) is 3. The van der Waals surface area contributed by atoms with E-state index in [2.05, 4.69) is 5.32 Å². The summed E-state index contributed by atoms with van der Waals surface area (Å²) in [7, 11) is 0. The Morgan fingerprint density at radius 1 is 1.24 bits per heavy atom. The van der Waals surface area contributed by atoms with Crippen LogP contribution < -0.4 is 11.1 Å². The van der Waals surface area contributed by atoms with Gasteiger partial charge in [0.25, 0.3) is 0 Å². The van der Waals surface area contributed by atoms with E-state index in [4.69, 9.17) is 10.5 Å². The van der Waals surface area contributed by atoms with Crippen molar-refractivity contribution >= 4 is 11.6 Å². The Kier molecular flexibility index (Phi) is 5.76. The molecule has 0 saturated heterocycles. The van der Waals surface area contributed by atoms with Crippen LogP contribution in [0.25, 0.3) is 0 Å². The minimum Gasteiger partial charge on any atom is -0.364 e. The van der Waals surface area contributed by atoms with Gasteiger partial charge < -0.3 is 15.8 Å². The van der Waals surface area contributed by atoms with E-state index in [0.29, 0.717) is 6.54 Å². The fourth-order valence-electron chi connectivity index (χ4n) is 2.90. The normalized spacial score (nSPS) is 18.0. The number of amides is 1. The molecule has 3 N–H and O–H groups in total. The largest absolute Gasteiger partial charge is 0.364 e. The van der Waals surface area contributed by atoms with Gasteiger partial charge in [0.15, 0.2) is 0 Å². The molecule has 0 aromatic heterocycles. The Bertz CT molecular complexity index is 466. The molecule has 0 unspecified atom stereocenters. The molecule has 4 nitrogen and oxygen atoms in total. The number of aryl methyl sites for hydroxylation is 1. The Morgan fingerprint density at radius 2 is 1.90 bits per heavy atom. The van der Waals surface area contributed by atoms with Crippen LogP contribution in [0.5, 0.6) is 0 Å². The molecule has 0 spiro atoms. The summed E-state index contributed by atoms with van der Waals surface area (Å²) in [6.45, 7) is 2.54. The maximum absolute atomic E-state index is 12.1. The van der Waals surface area contributed by atoms with E-state index in [1.807, 2.05) is 31.2 Å². The van der Waals surface area contributed by atoms with E-state index in [-0.39, 0.29) is 18.1 Å². The molecule has 1 amide bonds. The van der Waals surface area contributed by atoms with Crippen molar-refractivity contribution in [2.45, 2.75) is 51.0 Å². The first-order valence-corrected chi connectivity index (χ1v) is 7.85. The second-order valence-electron chi connectivity index (χ2n) is 5.95. The molecule has 1 aliphatic carbocycles. The van der Waals surface area contributed by atoms with Crippen LogP contribution in [-0.4, -0.2) is 24.7 Å². The van der Waals surface area contributed by atoms with Crippen molar-refractivity contribution in [1.29, 1.82) is 0 Å². The fraction of sp³-hybridized carbons (Fsp3) is 0.588. The van der Waals surface area contributed by atoms with Gasteiger partial charge in [-0.05, 0) is 31.4 Å². The van der Waals surface area contributed by atoms with Gasteiger partial charge in [0, 0.05) is 12.2 Å². The van der Waals surface area contributed by atoms with Gasteiger partial charge in [0.05, 0.1) is 5.60 Å². The lowest BCUT2D eigenvalue weighted by Crippen LogP contribution is -2.42. The van der Waals surface area contributed by atoms with Gasteiger partial charge in [-0.15, -0.1) is 0 Å². The van der Waals surface area contributed by atoms with Gasteiger partial charge in [-0.1, -0.05) is 43.9 Å². The number of nitrogens with one attached hydrogen (secondary N) is 1. The molecule has 0 bridgehead atoms. The average Bonchev–Trinajstić information content (AvgIpc) is 2.74. The van der Waals surface area contributed by atoms with Crippen LogP contribution in [0.1, 0.15) is 44.1 Å². The molecule has 0 radical (unpaired) electrons. The van der Waals surface area contributed by atoms with E-state index in [1.54, 1.807) is 0 Å². The maximum Gasteiger partial charge on any atom is 0.250 e. The van der Waals surface area contributed by atoms with Crippen molar-refractivity contribution in [1.82, 2.24) is 0 Å². The van der Waals surface area contributed by atoms with Crippen molar-refractivity contribution in [3.8, 4) is 0 Å². The van der Waals surface area contributed by atoms with Crippen molar-refractivity contribution in [3.05, 3.63) is 29.8 Å². The van der Waals surface area contributed by atoms with E-state index in [1.165, 1.54) is 12.8 Å². The summed E-state index contributed by atoms with van der Waals surface area (Å²) in [4.78, 5) is 12.1. The van der Waals surface area contributed by atoms with Crippen molar-refractivity contribution in [3.63, 3.8) is 0 Å². The predicted octanol–water partition coefficient (Wildman–Crippen LogP) is 3.00. The topological polar surface area (TPSA) is 64.3 Å². The first-order chi connectivity index (χ1) is 10.2. The van der Waals surface area contributed by atoms with Gasteiger partial charge in [-0.3, -0.25) is 4.79 Å². The first-order valence-electron chi connectivity index (χ1n) is 7.85. The molecule has 1 aromatic carbocycles. The molecule has 1 aliphatic rings. The third-order valence-electron chi connectivity index (χ3n) is 4.32. The fourth-order valence-corrected chi connectivity index (χ4v) is 2.90. The van der Waals surface area contributed by atoms with Crippen LogP contribution in [0, 0.1) is 6.92 Å². The highest BCUT2D eigenvalue weighted by Crippen LogP contribution is 2.29. The smallest absolute Gasteiger partial charge is 0.250 e. The van der Waals surface area contributed by atoms with E-state index in [9.17, 15) is 4.79 Å². The van der Waals surface area contributed by atoms with E-state index in [0.717, 1.165) is 36.9 Å². The SMILES string of the molecule is Cc1ccccc1NC(=O)COC1(CN)CCCCCC1. The minimum absolute atomic E-state index is 0.0749. The number of carbonyl (C=O) groups is 1. The maximum atomic E-state index is 12.1. The molecule has 2 rings (SSSR count). The molecule has 1 saturated carbocycles. The second kappa shape index (κ2) is 7.57. The lowest BCUT2D eigenvalue weighted by molar-refractivity contribution is -0.128. The van der Waals surface area contributed by atoms with Crippen LogP contribution in [-0.2, 0) is 9.53 Å². The zero-order valence-corrected chi connectivity index (χ0v) is 12.9. The Balaban J connectivity index is 1.89. The summed E-state index contributed by atoms with van der Waals surface area (Å²) >= 11 is 0. The summed E-state index contributed by atoms with van der Waals surface area (Å²) < 4.78 is 5.94. The predicted molar refractivity (Wildman–Crippen MR) is 85.2 cm³/mol. The van der Waals surface area contributed by atoms with Gasteiger partial charge in [0.2, 0.25) is 5.91 Å². The zero-order valence-electron chi connectivity index (χ0n) is 12.9. The van der Waals surface area contributed by atoms with Gasteiger partial charge in [0.1, 0.15) is 6.61 Å². The number of rotatable bonds is 5. The zero-order chi connectivity index (χ0) is 15.1. The monoisotopic (exact) mass is 290 g/mol. The van der Waals surface area contributed by atoms with Crippen LogP contribution >= 0.6 is 0 Å². The minimum atomic E-state index is -0.306. The Labute approximate surface area is 127 Å². The lowest BCUT2D eigenvalue weighted by atomic mass is 9.94. The van der Waals surface area contributed by atoms with Gasteiger partial charge >= 0.3 is 0 Å². The van der Waals surface area contributed by atoms with Crippen molar-refractivity contribution < 1.29 is 9.53 Å². The number of benzene rings is 1. The highest BCUT2D eigenvalue weighted by Gasteiger charge is 2.31. The molecule has 21 heavy (non-hydrogen) atoms. The lowest BCUT2D eigenvalue weighted by Gasteiger charge is -2.31. The summed E-state index contributed by atoms with van der Waals surface area (Å²) in [5.74, 6) is -0.110.